The molecule has 1 aromatic carbocycles. The van der Waals surface area contributed by atoms with Gasteiger partial charge in [0.1, 0.15) is 22.2 Å². The summed E-state index contributed by atoms with van der Waals surface area (Å²) in [5.41, 5.74) is 3.13. The van der Waals surface area contributed by atoms with E-state index in [-0.39, 0.29) is 19.8 Å². The maximum absolute atomic E-state index is 12.8. The summed E-state index contributed by atoms with van der Waals surface area (Å²) < 4.78 is 35.5. The van der Waals surface area contributed by atoms with Gasteiger partial charge < -0.3 is 19.3 Å². The van der Waals surface area contributed by atoms with Crippen LogP contribution in [0, 0.1) is 0 Å². The van der Waals surface area contributed by atoms with Gasteiger partial charge in [0.15, 0.2) is 6.61 Å². The molecule has 0 unspecified atom stereocenters. The Labute approximate surface area is 229 Å². The molecule has 0 fully saturated rings. The van der Waals surface area contributed by atoms with Crippen LogP contribution < -0.4 is 0 Å². The molecule has 0 bridgehead atoms. The number of sulfone groups is 1. The van der Waals surface area contributed by atoms with E-state index in [1.165, 1.54) is 7.11 Å². The number of carbonyl (C=O) groups is 2. The summed E-state index contributed by atoms with van der Waals surface area (Å²) in [6.45, 7) is -0.453. The first-order chi connectivity index (χ1) is 18.6. The second-order valence-electron chi connectivity index (χ2n) is 8.62. The van der Waals surface area contributed by atoms with Crippen molar-refractivity contribution < 1.29 is 37.3 Å². The lowest BCUT2D eigenvalue weighted by Gasteiger charge is -2.16. The lowest BCUT2D eigenvalue weighted by Crippen LogP contribution is -2.17. The summed E-state index contributed by atoms with van der Waals surface area (Å²) in [6, 6.07) is 9.30. The molecule has 0 heterocycles. The Morgan fingerprint density at radius 3 is 2.36 bits per heavy atom. The molecule has 0 aliphatic heterocycles. The number of aliphatic hydroxyl groups is 1. The van der Waals surface area contributed by atoms with Crippen molar-refractivity contribution in [3.8, 4) is 0 Å². The molecular weight excluding hydrogens is 520 g/mol. The molecule has 0 amide bonds. The van der Waals surface area contributed by atoms with E-state index in [1.807, 2.05) is 66.8 Å². The van der Waals surface area contributed by atoms with Gasteiger partial charge in [0.05, 0.1) is 19.3 Å². The fourth-order valence-electron chi connectivity index (χ4n) is 3.44. The molecule has 0 radical (unpaired) electrons. The molecule has 9 heteroatoms. The van der Waals surface area contributed by atoms with Gasteiger partial charge in [0.25, 0.3) is 0 Å². The zero-order chi connectivity index (χ0) is 28.7. The van der Waals surface area contributed by atoms with E-state index in [0.717, 1.165) is 23.6 Å². The molecule has 8 nitrogen and oxygen atoms in total. The number of methoxy groups -OCH3 is 1. The van der Waals surface area contributed by atoms with Crippen LogP contribution in [0.2, 0.25) is 0 Å². The third-order valence-electron chi connectivity index (χ3n) is 5.19. The molecule has 0 spiro atoms. The van der Waals surface area contributed by atoms with E-state index in [9.17, 15) is 23.1 Å². The standard InChI is InChI=1S/C28H28O6.C2H6O2S/c1-32-28(31)27(23-13-5-2-3-6-14-23)25(22-11-7-4-8-12-22)19-34-26(30)20-33-24-15-9-10-21(18-29)16-17-24;1-5(2,3)4/h2-5,7-16,29H,6,17-20H2,1H3;1-2H3/b27-25+;. The number of carbonyl (C=O) groups excluding carboxylic acids is 2. The molecule has 208 valence electrons. The highest BCUT2D eigenvalue weighted by molar-refractivity contribution is 7.89. The molecular formula is C30H34O8S. The van der Waals surface area contributed by atoms with Crippen LogP contribution in [0.4, 0.5) is 0 Å². The largest absolute Gasteiger partial charge is 0.486 e. The van der Waals surface area contributed by atoms with Crippen molar-refractivity contribution in [3.05, 3.63) is 113 Å². The van der Waals surface area contributed by atoms with Crippen molar-refractivity contribution in [3.63, 3.8) is 0 Å². The number of hydrogen-bond acceptors (Lipinski definition) is 8. The number of esters is 2. The van der Waals surface area contributed by atoms with E-state index in [1.54, 1.807) is 18.2 Å². The molecule has 1 N–H and O–H groups in total. The van der Waals surface area contributed by atoms with Crippen LogP contribution in [0.1, 0.15) is 18.4 Å². The van der Waals surface area contributed by atoms with Crippen LogP contribution in [-0.2, 0) is 33.6 Å². The first-order valence-electron chi connectivity index (χ1n) is 12.1. The third kappa shape index (κ3) is 12.0. The lowest BCUT2D eigenvalue weighted by atomic mass is 9.94. The summed E-state index contributed by atoms with van der Waals surface area (Å²) in [5, 5.41) is 9.24. The Balaban J connectivity index is 0.000000976. The van der Waals surface area contributed by atoms with E-state index in [0.29, 0.717) is 35.3 Å². The van der Waals surface area contributed by atoms with Gasteiger partial charge in [-0.05, 0) is 29.2 Å². The molecule has 39 heavy (non-hydrogen) atoms. The zero-order valence-electron chi connectivity index (χ0n) is 22.3. The van der Waals surface area contributed by atoms with Crippen molar-refractivity contribution in [2.45, 2.75) is 12.8 Å². The average molecular weight is 555 g/mol. The van der Waals surface area contributed by atoms with Crippen LogP contribution in [0.15, 0.2) is 107 Å². The highest BCUT2D eigenvalue weighted by Gasteiger charge is 2.22. The van der Waals surface area contributed by atoms with Crippen LogP contribution in [0.5, 0.6) is 0 Å². The fraction of sp³-hybridized carbons (Fsp3) is 0.267. The summed E-state index contributed by atoms with van der Waals surface area (Å²) in [5.74, 6) is -0.483. The maximum Gasteiger partial charge on any atom is 0.344 e. The number of ether oxygens (including phenoxy) is 3. The SMILES string of the molecule is COC(=O)/C(C1=CCC=CC=C1)=C(\COC(=O)COC1=CC=CC(CO)=CC1)c1ccccc1.CS(C)(=O)=O. The minimum atomic E-state index is -2.67. The molecule has 0 atom stereocenters. The van der Waals surface area contributed by atoms with Crippen LogP contribution in [0.3, 0.4) is 0 Å². The normalized spacial score (nSPS) is 15.2. The Morgan fingerprint density at radius 1 is 0.974 bits per heavy atom. The number of benzene rings is 1. The summed E-state index contributed by atoms with van der Waals surface area (Å²) in [6.07, 6.45) is 20.1. The number of aliphatic hydroxyl groups excluding tert-OH is 1. The average Bonchev–Trinajstić information content (AvgIpc) is 3.32. The minimum Gasteiger partial charge on any atom is -0.486 e. The Bertz CT molecular complexity index is 1320. The molecule has 0 saturated heterocycles. The zero-order valence-corrected chi connectivity index (χ0v) is 23.1. The van der Waals surface area contributed by atoms with Gasteiger partial charge in [-0.25, -0.2) is 18.0 Å². The van der Waals surface area contributed by atoms with Gasteiger partial charge in [-0.15, -0.1) is 0 Å². The third-order valence-corrected chi connectivity index (χ3v) is 5.19. The van der Waals surface area contributed by atoms with Crippen LogP contribution >= 0.6 is 0 Å². The van der Waals surface area contributed by atoms with E-state index >= 15 is 0 Å². The van der Waals surface area contributed by atoms with Crippen molar-refractivity contribution >= 4 is 27.3 Å². The fourth-order valence-corrected chi connectivity index (χ4v) is 3.44. The predicted octanol–water partition coefficient (Wildman–Crippen LogP) is 4.04. The Morgan fingerprint density at radius 2 is 1.69 bits per heavy atom. The second-order valence-corrected chi connectivity index (χ2v) is 10.9. The van der Waals surface area contributed by atoms with Gasteiger partial charge in [-0.3, -0.25) is 0 Å². The van der Waals surface area contributed by atoms with Gasteiger partial charge >= 0.3 is 11.9 Å². The molecule has 0 saturated carbocycles. The van der Waals surface area contributed by atoms with Gasteiger partial charge in [0.2, 0.25) is 0 Å². The first kappa shape index (κ1) is 31.3. The molecule has 2 aliphatic carbocycles. The summed E-state index contributed by atoms with van der Waals surface area (Å²) in [4.78, 5) is 25.3. The van der Waals surface area contributed by atoms with Gasteiger partial charge in [0, 0.05) is 24.5 Å². The predicted molar refractivity (Wildman–Crippen MR) is 151 cm³/mol. The molecule has 2 aliphatic rings. The van der Waals surface area contributed by atoms with Crippen molar-refractivity contribution in [2.75, 3.05) is 39.4 Å². The summed E-state index contributed by atoms with van der Waals surface area (Å²) >= 11 is 0. The molecule has 3 rings (SSSR count). The Hall–Kier alpha value is -3.95. The van der Waals surface area contributed by atoms with Crippen LogP contribution in [0.25, 0.3) is 5.57 Å². The Kier molecular flexibility index (Phi) is 12.9. The number of allylic oxidation sites excluding steroid dienone is 8. The van der Waals surface area contributed by atoms with Gasteiger partial charge in [-0.1, -0.05) is 78.9 Å². The van der Waals surface area contributed by atoms with E-state index in [4.69, 9.17) is 14.2 Å². The lowest BCUT2D eigenvalue weighted by molar-refractivity contribution is -0.146. The number of hydrogen-bond donors (Lipinski definition) is 1. The smallest absolute Gasteiger partial charge is 0.344 e. The first-order valence-corrected chi connectivity index (χ1v) is 14.4. The number of rotatable bonds is 9. The van der Waals surface area contributed by atoms with E-state index < -0.39 is 21.8 Å². The highest BCUT2D eigenvalue weighted by Crippen LogP contribution is 2.28. The van der Waals surface area contributed by atoms with E-state index in [2.05, 4.69) is 0 Å². The highest BCUT2D eigenvalue weighted by atomic mass is 32.2. The quantitative estimate of drug-likeness (QED) is 0.359. The van der Waals surface area contributed by atoms with Crippen molar-refractivity contribution in [2.24, 2.45) is 0 Å². The maximum atomic E-state index is 12.8. The topological polar surface area (TPSA) is 116 Å². The van der Waals surface area contributed by atoms with Crippen molar-refractivity contribution in [1.82, 2.24) is 0 Å². The minimum absolute atomic E-state index is 0.0571. The molecule has 1 aromatic rings. The van der Waals surface area contributed by atoms with Gasteiger partial charge in [-0.2, -0.15) is 0 Å². The monoisotopic (exact) mass is 554 g/mol. The molecule has 0 aromatic heterocycles. The summed E-state index contributed by atoms with van der Waals surface area (Å²) in [7, 11) is -1.34. The second kappa shape index (κ2) is 16.1. The van der Waals surface area contributed by atoms with Crippen molar-refractivity contribution in [1.29, 1.82) is 0 Å². The van der Waals surface area contributed by atoms with Crippen LogP contribution in [-0.4, -0.2) is 64.9 Å².